The van der Waals surface area contributed by atoms with Crippen molar-refractivity contribution in [1.29, 1.82) is 0 Å². The maximum Gasteiger partial charge on any atom is 0.335 e. The quantitative estimate of drug-likeness (QED) is 0.493. The van der Waals surface area contributed by atoms with Gasteiger partial charge in [-0.2, -0.15) is 5.48 Å². The van der Waals surface area contributed by atoms with Gasteiger partial charge in [0.2, 0.25) is 0 Å². The van der Waals surface area contributed by atoms with Crippen LogP contribution in [0.4, 0.5) is 8.78 Å². The zero-order valence-electron chi connectivity index (χ0n) is 17.7. The summed E-state index contributed by atoms with van der Waals surface area (Å²) in [5.74, 6) is -1.93. The van der Waals surface area contributed by atoms with Crippen LogP contribution in [0.2, 0.25) is 0 Å². The molecule has 170 valence electrons. The lowest BCUT2D eigenvalue weighted by atomic mass is 9.89. The molecular weight excluding hydrogens is 420 g/mol. The molecule has 1 amide bonds. The predicted molar refractivity (Wildman–Crippen MR) is 114 cm³/mol. The number of halogens is 2. The highest BCUT2D eigenvalue weighted by atomic mass is 19.1. The number of nitrogens with one attached hydrogen (secondary N) is 1. The number of hydroxylamine groups is 1. The van der Waals surface area contributed by atoms with Gasteiger partial charge in [0.15, 0.2) is 11.5 Å². The molecule has 1 aliphatic rings. The van der Waals surface area contributed by atoms with Gasteiger partial charge in [0.05, 0.1) is 18.6 Å². The lowest BCUT2D eigenvalue weighted by Crippen LogP contribution is -2.30. The van der Waals surface area contributed by atoms with E-state index in [9.17, 15) is 18.4 Å². The van der Waals surface area contributed by atoms with Crippen molar-refractivity contribution < 1.29 is 32.7 Å². The molecule has 1 aliphatic carbocycles. The largest absolute Gasteiger partial charge is 0.493 e. The van der Waals surface area contributed by atoms with Crippen LogP contribution in [0.1, 0.15) is 43.2 Å². The minimum absolute atomic E-state index is 0.164. The summed E-state index contributed by atoms with van der Waals surface area (Å²) in [5.41, 5.74) is 2.57. The van der Waals surface area contributed by atoms with Gasteiger partial charge < -0.3 is 14.3 Å². The lowest BCUT2D eigenvalue weighted by Gasteiger charge is -2.19. The maximum absolute atomic E-state index is 13.8. The average molecular weight is 445 g/mol. The number of hydrogen-bond donors (Lipinski definition) is 1. The van der Waals surface area contributed by atoms with Crippen molar-refractivity contribution in [3.05, 3.63) is 65.2 Å². The summed E-state index contributed by atoms with van der Waals surface area (Å²) in [6.45, 7) is -0.307. The lowest BCUT2D eigenvalue weighted by molar-refractivity contribution is -0.161. The first-order valence-electron chi connectivity index (χ1n) is 10.4. The van der Waals surface area contributed by atoms with Crippen molar-refractivity contribution in [2.45, 2.75) is 38.7 Å². The molecule has 0 unspecified atom stereocenters. The standard InChI is InChI=1S/C24H25F2NO5/c1-30-22-14-16(10-12-21(22)31-15-18-19(25)8-5-9-20(18)26)11-13-23(28)27-32-24(29)17-6-3-2-4-7-17/h5,8-14,17H,2-4,6-7,15H2,1H3,(H,27,28). The topological polar surface area (TPSA) is 73.9 Å². The molecule has 2 aromatic rings. The zero-order chi connectivity index (χ0) is 22.9. The Kier molecular flexibility index (Phi) is 8.19. The minimum Gasteiger partial charge on any atom is -0.493 e. The first kappa shape index (κ1) is 23.2. The number of carbonyl (C=O) groups excluding carboxylic acids is 2. The predicted octanol–water partition coefficient (Wildman–Crippen LogP) is 4.72. The van der Waals surface area contributed by atoms with Crippen LogP contribution in [0.5, 0.6) is 11.5 Å². The summed E-state index contributed by atoms with van der Waals surface area (Å²) in [4.78, 5) is 28.8. The second-order valence-corrected chi connectivity index (χ2v) is 7.45. The Morgan fingerprint density at radius 2 is 1.78 bits per heavy atom. The van der Waals surface area contributed by atoms with E-state index >= 15 is 0 Å². The molecule has 0 aliphatic heterocycles. The Labute approximate surface area is 185 Å². The summed E-state index contributed by atoms with van der Waals surface area (Å²) >= 11 is 0. The molecule has 32 heavy (non-hydrogen) atoms. The average Bonchev–Trinajstić information content (AvgIpc) is 2.81. The van der Waals surface area contributed by atoms with E-state index in [1.807, 2.05) is 0 Å². The molecule has 1 fully saturated rings. The number of amides is 1. The van der Waals surface area contributed by atoms with Gasteiger partial charge in [-0.15, -0.1) is 0 Å². The molecule has 6 nitrogen and oxygen atoms in total. The van der Waals surface area contributed by atoms with Gasteiger partial charge >= 0.3 is 5.97 Å². The van der Waals surface area contributed by atoms with E-state index in [0.717, 1.165) is 44.2 Å². The highest BCUT2D eigenvalue weighted by Crippen LogP contribution is 2.30. The fourth-order valence-electron chi connectivity index (χ4n) is 3.46. The first-order valence-corrected chi connectivity index (χ1v) is 10.4. The van der Waals surface area contributed by atoms with Crippen LogP contribution in [0, 0.1) is 17.6 Å². The molecule has 0 radical (unpaired) electrons. The number of ether oxygens (including phenoxy) is 2. The molecular formula is C24H25F2NO5. The Morgan fingerprint density at radius 1 is 1.06 bits per heavy atom. The molecule has 1 saturated carbocycles. The highest BCUT2D eigenvalue weighted by Gasteiger charge is 2.23. The minimum atomic E-state index is -0.696. The molecule has 3 rings (SSSR count). The van der Waals surface area contributed by atoms with Crippen LogP contribution >= 0.6 is 0 Å². The summed E-state index contributed by atoms with van der Waals surface area (Å²) in [7, 11) is 1.43. The molecule has 2 aromatic carbocycles. The number of carbonyl (C=O) groups is 2. The fourth-order valence-corrected chi connectivity index (χ4v) is 3.46. The Hall–Kier alpha value is -3.42. The van der Waals surface area contributed by atoms with Crippen molar-refractivity contribution in [1.82, 2.24) is 5.48 Å². The second-order valence-electron chi connectivity index (χ2n) is 7.45. The molecule has 0 spiro atoms. The second kappa shape index (κ2) is 11.3. The molecule has 0 saturated heterocycles. The van der Waals surface area contributed by atoms with Gasteiger partial charge in [-0.1, -0.05) is 31.4 Å². The number of hydrogen-bond acceptors (Lipinski definition) is 5. The normalized spacial score (nSPS) is 14.2. The summed E-state index contributed by atoms with van der Waals surface area (Å²) in [6, 6.07) is 8.41. The van der Waals surface area contributed by atoms with Gasteiger partial charge in [-0.25, -0.2) is 13.6 Å². The van der Waals surface area contributed by atoms with Gasteiger partial charge in [0, 0.05) is 6.08 Å². The summed E-state index contributed by atoms with van der Waals surface area (Å²) in [6.07, 6.45) is 7.39. The van der Waals surface area contributed by atoms with Crippen molar-refractivity contribution in [3.63, 3.8) is 0 Å². The van der Waals surface area contributed by atoms with Crippen molar-refractivity contribution in [2.75, 3.05) is 7.11 Å². The van der Waals surface area contributed by atoms with Crippen molar-refractivity contribution in [3.8, 4) is 11.5 Å². The van der Waals surface area contributed by atoms with Crippen LogP contribution in [-0.4, -0.2) is 19.0 Å². The number of rotatable bonds is 7. The Balaban J connectivity index is 1.55. The van der Waals surface area contributed by atoms with E-state index in [2.05, 4.69) is 5.48 Å². The third-order valence-corrected chi connectivity index (χ3v) is 5.24. The molecule has 0 heterocycles. The third-order valence-electron chi connectivity index (χ3n) is 5.24. The molecule has 0 aromatic heterocycles. The number of benzene rings is 2. The van der Waals surface area contributed by atoms with E-state index in [1.54, 1.807) is 18.2 Å². The maximum atomic E-state index is 13.8. The monoisotopic (exact) mass is 445 g/mol. The smallest absolute Gasteiger partial charge is 0.335 e. The van der Waals surface area contributed by atoms with Crippen LogP contribution in [0.25, 0.3) is 6.08 Å². The Morgan fingerprint density at radius 3 is 2.47 bits per heavy atom. The third kappa shape index (κ3) is 6.29. The van der Waals surface area contributed by atoms with Crippen LogP contribution in [0.15, 0.2) is 42.5 Å². The Bertz CT molecular complexity index is 966. The molecule has 0 atom stereocenters. The summed E-state index contributed by atoms with van der Waals surface area (Å²) in [5, 5.41) is 0. The van der Waals surface area contributed by atoms with E-state index in [-0.39, 0.29) is 23.8 Å². The fraction of sp³-hybridized carbons (Fsp3) is 0.333. The van der Waals surface area contributed by atoms with Gasteiger partial charge in [0.1, 0.15) is 18.2 Å². The van der Waals surface area contributed by atoms with Crippen molar-refractivity contribution in [2.24, 2.45) is 5.92 Å². The van der Waals surface area contributed by atoms with E-state index in [1.165, 1.54) is 25.3 Å². The first-order chi connectivity index (χ1) is 15.5. The van der Waals surface area contributed by atoms with Crippen LogP contribution in [-0.2, 0) is 21.0 Å². The van der Waals surface area contributed by atoms with E-state index in [0.29, 0.717) is 11.3 Å². The van der Waals surface area contributed by atoms with Gasteiger partial charge in [-0.3, -0.25) is 4.79 Å². The van der Waals surface area contributed by atoms with Crippen molar-refractivity contribution >= 4 is 18.0 Å². The zero-order valence-corrected chi connectivity index (χ0v) is 17.7. The van der Waals surface area contributed by atoms with Crippen LogP contribution < -0.4 is 15.0 Å². The molecule has 8 heteroatoms. The molecule has 1 N–H and O–H groups in total. The van der Waals surface area contributed by atoms with E-state index < -0.39 is 23.5 Å². The SMILES string of the molecule is COc1cc(C=CC(=O)NOC(=O)C2CCCCC2)ccc1OCc1c(F)cccc1F. The highest BCUT2D eigenvalue weighted by molar-refractivity contribution is 5.92. The van der Waals surface area contributed by atoms with Gasteiger partial charge in [-0.05, 0) is 48.7 Å². The van der Waals surface area contributed by atoms with Crippen LogP contribution in [0.3, 0.4) is 0 Å². The van der Waals surface area contributed by atoms with E-state index in [4.69, 9.17) is 14.3 Å². The molecule has 0 bridgehead atoms. The number of methoxy groups -OCH3 is 1. The van der Waals surface area contributed by atoms with Gasteiger partial charge in [0.25, 0.3) is 5.91 Å². The summed E-state index contributed by atoms with van der Waals surface area (Å²) < 4.78 is 38.3.